The molecule has 0 bridgehead atoms. The number of methoxy groups -OCH3 is 1. The number of alkyl halides is 6. The van der Waals surface area contributed by atoms with E-state index in [2.05, 4.69) is 21.0 Å². The monoisotopic (exact) mass is 383 g/mol. The molecular formula is C10H12BrF6N3O. The molecule has 4 nitrogen and oxygen atoms in total. The lowest BCUT2D eigenvalue weighted by Crippen LogP contribution is -2.44. The van der Waals surface area contributed by atoms with Gasteiger partial charge in [0, 0.05) is 7.11 Å². The Morgan fingerprint density at radius 3 is 2.24 bits per heavy atom. The van der Waals surface area contributed by atoms with Crippen molar-refractivity contribution in [2.45, 2.75) is 24.9 Å². The Bertz CT molecular complexity index is 458. The summed E-state index contributed by atoms with van der Waals surface area (Å²) in [6.45, 7) is 0.0457. The van der Waals surface area contributed by atoms with Crippen LogP contribution in [0.1, 0.15) is 11.7 Å². The van der Waals surface area contributed by atoms with E-state index in [1.165, 1.54) is 7.11 Å². The maximum Gasteiger partial charge on any atom is 0.402 e. The highest BCUT2D eigenvalue weighted by molar-refractivity contribution is 9.10. The number of rotatable bonds is 5. The molecule has 0 aliphatic heterocycles. The molecule has 21 heavy (non-hydrogen) atoms. The molecule has 0 aliphatic rings. The molecule has 0 amide bonds. The molecule has 122 valence electrons. The van der Waals surface area contributed by atoms with Crippen molar-refractivity contribution in [3.05, 3.63) is 16.4 Å². The molecule has 1 atom stereocenters. The van der Waals surface area contributed by atoms with Crippen molar-refractivity contribution < 1.29 is 31.1 Å². The summed E-state index contributed by atoms with van der Waals surface area (Å²) < 4.78 is 81.9. The van der Waals surface area contributed by atoms with Crippen molar-refractivity contribution in [3.63, 3.8) is 0 Å². The van der Waals surface area contributed by atoms with Gasteiger partial charge in [-0.25, -0.2) is 0 Å². The first-order chi connectivity index (χ1) is 9.50. The summed E-state index contributed by atoms with van der Waals surface area (Å²) in [4.78, 5) is 0. The maximum atomic E-state index is 12.7. The van der Waals surface area contributed by atoms with Crippen LogP contribution in [0.2, 0.25) is 0 Å². The minimum absolute atomic E-state index is 0.0203. The zero-order chi connectivity index (χ0) is 16.4. The molecule has 0 saturated carbocycles. The number of hydrogen-bond donors (Lipinski definition) is 1. The smallest absolute Gasteiger partial charge is 0.383 e. The Morgan fingerprint density at radius 1 is 1.29 bits per heavy atom. The van der Waals surface area contributed by atoms with Gasteiger partial charge < -0.3 is 10.5 Å². The zero-order valence-corrected chi connectivity index (χ0v) is 12.3. The van der Waals surface area contributed by atoms with Crippen LogP contribution in [0.15, 0.2) is 10.7 Å². The van der Waals surface area contributed by atoms with Crippen molar-refractivity contribution in [2.24, 2.45) is 11.7 Å². The van der Waals surface area contributed by atoms with Gasteiger partial charge in [0.05, 0.1) is 35.6 Å². The van der Waals surface area contributed by atoms with Crippen LogP contribution in [-0.2, 0) is 11.3 Å². The summed E-state index contributed by atoms with van der Waals surface area (Å²) >= 11 is 2.87. The summed E-state index contributed by atoms with van der Waals surface area (Å²) in [5.41, 5.74) is 4.88. The first-order valence-corrected chi connectivity index (χ1v) is 6.38. The summed E-state index contributed by atoms with van der Waals surface area (Å²) in [5, 5.41) is 3.70. The van der Waals surface area contributed by atoms with Crippen LogP contribution < -0.4 is 5.73 Å². The lowest BCUT2D eigenvalue weighted by atomic mass is 9.96. The van der Waals surface area contributed by atoms with Crippen molar-refractivity contribution in [2.75, 3.05) is 13.7 Å². The summed E-state index contributed by atoms with van der Waals surface area (Å²) in [5.74, 6) is -3.68. The molecule has 1 unspecified atom stereocenters. The van der Waals surface area contributed by atoms with Crippen LogP contribution in [0, 0.1) is 5.92 Å². The first kappa shape index (κ1) is 18.2. The van der Waals surface area contributed by atoms with Crippen molar-refractivity contribution >= 4 is 15.9 Å². The molecular weight excluding hydrogens is 372 g/mol. The Morgan fingerprint density at radius 2 is 1.81 bits per heavy atom. The highest BCUT2D eigenvalue weighted by Crippen LogP contribution is 2.46. The highest BCUT2D eigenvalue weighted by Gasteiger charge is 2.60. The quantitative estimate of drug-likeness (QED) is 0.795. The molecule has 2 N–H and O–H groups in total. The number of halogens is 7. The van der Waals surface area contributed by atoms with Gasteiger partial charge in [-0.05, 0) is 15.9 Å². The number of nitrogens with two attached hydrogens (primary N) is 1. The SMILES string of the molecule is COCCn1ncc(Br)c1C(N)C(C(F)(F)F)C(F)(F)F. The van der Waals surface area contributed by atoms with Gasteiger partial charge in [-0.3, -0.25) is 4.68 Å². The van der Waals surface area contributed by atoms with Crippen molar-refractivity contribution in [1.29, 1.82) is 0 Å². The molecule has 11 heteroatoms. The third-order valence-electron chi connectivity index (χ3n) is 2.72. The molecule has 0 aromatic carbocycles. The third-order valence-corrected chi connectivity index (χ3v) is 3.33. The maximum absolute atomic E-state index is 12.7. The van der Waals surface area contributed by atoms with E-state index in [9.17, 15) is 26.3 Å². The highest BCUT2D eigenvalue weighted by atomic mass is 79.9. The van der Waals surface area contributed by atoms with Gasteiger partial charge in [-0.15, -0.1) is 0 Å². The molecule has 1 rings (SSSR count). The molecule has 0 radical (unpaired) electrons. The van der Waals surface area contributed by atoms with Gasteiger partial charge in [0.15, 0.2) is 5.92 Å². The molecule has 0 spiro atoms. The topological polar surface area (TPSA) is 53.1 Å². The molecule has 1 heterocycles. The zero-order valence-electron chi connectivity index (χ0n) is 10.7. The minimum atomic E-state index is -5.52. The van der Waals surface area contributed by atoms with E-state index >= 15 is 0 Å². The van der Waals surface area contributed by atoms with E-state index in [1.807, 2.05) is 0 Å². The number of hydrogen-bond acceptors (Lipinski definition) is 3. The minimum Gasteiger partial charge on any atom is -0.383 e. The van der Waals surface area contributed by atoms with E-state index in [4.69, 9.17) is 10.5 Å². The van der Waals surface area contributed by atoms with Gasteiger partial charge in [0.2, 0.25) is 0 Å². The van der Waals surface area contributed by atoms with Crippen LogP contribution >= 0.6 is 15.9 Å². The van der Waals surface area contributed by atoms with E-state index in [1.54, 1.807) is 0 Å². The van der Waals surface area contributed by atoms with Gasteiger partial charge in [-0.1, -0.05) is 0 Å². The van der Waals surface area contributed by atoms with Crippen LogP contribution in [0.4, 0.5) is 26.3 Å². The van der Waals surface area contributed by atoms with E-state index < -0.39 is 24.3 Å². The number of aromatic nitrogens is 2. The summed E-state index contributed by atoms with van der Waals surface area (Å²) in [6, 6.07) is -2.33. The predicted molar refractivity (Wildman–Crippen MR) is 64.3 cm³/mol. The number of ether oxygens (including phenoxy) is 1. The lowest BCUT2D eigenvalue weighted by molar-refractivity contribution is -0.290. The van der Waals surface area contributed by atoms with Crippen molar-refractivity contribution in [3.8, 4) is 0 Å². The fourth-order valence-corrected chi connectivity index (χ4v) is 2.37. The Balaban J connectivity index is 3.21. The van der Waals surface area contributed by atoms with Crippen LogP contribution in [0.3, 0.4) is 0 Å². The van der Waals surface area contributed by atoms with E-state index in [0.717, 1.165) is 10.9 Å². The molecule has 1 aromatic rings. The summed E-state index contributed by atoms with van der Waals surface area (Å²) in [6.07, 6.45) is -9.95. The van der Waals surface area contributed by atoms with Gasteiger partial charge >= 0.3 is 12.4 Å². The standard InChI is InChI=1S/C10H12BrF6N3O/c1-21-3-2-20-7(5(11)4-19-20)6(18)8(9(12,13)14)10(15,16)17/h4,6,8H,2-3,18H2,1H3. The second-order valence-corrected chi connectivity index (χ2v) is 5.03. The predicted octanol–water partition coefficient (Wildman–Crippen LogP) is 3.03. The van der Waals surface area contributed by atoms with Crippen LogP contribution in [0.5, 0.6) is 0 Å². The average molecular weight is 384 g/mol. The largest absolute Gasteiger partial charge is 0.402 e. The van der Waals surface area contributed by atoms with Crippen molar-refractivity contribution in [1.82, 2.24) is 9.78 Å². The molecule has 0 saturated heterocycles. The van der Waals surface area contributed by atoms with E-state index in [-0.39, 0.29) is 23.3 Å². The lowest BCUT2D eigenvalue weighted by Gasteiger charge is -2.28. The second-order valence-electron chi connectivity index (χ2n) is 4.18. The van der Waals surface area contributed by atoms with Crippen LogP contribution in [0.25, 0.3) is 0 Å². The second kappa shape index (κ2) is 6.53. The van der Waals surface area contributed by atoms with Gasteiger partial charge in [0.1, 0.15) is 0 Å². The third kappa shape index (κ3) is 4.33. The molecule has 1 aromatic heterocycles. The van der Waals surface area contributed by atoms with Gasteiger partial charge in [0.25, 0.3) is 0 Å². The molecule has 0 fully saturated rings. The normalized spacial score (nSPS) is 14.8. The Hall–Kier alpha value is -0.810. The summed E-state index contributed by atoms with van der Waals surface area (Å²) in [7, 11) is 1.34. The Kier molecular flexibility index (Phi) is 5.67. The number of nitrogens with zero attached hydrogens (tertiary/aromatic N) is 2. The van der Waals surface area contributed by atoms with E-state index in [0.29, 0.717) is 0 Å². The van der Waals surface area contributed by atoms with Gasteiger partial charge in [-0.2, -0.15) is 31.4 Å². The molecule has 0 aliphatic carbocycles. The average Bonchev–Trinajstić information content (AvgIpc) is 2.63. The van der Waals surface area contributed by atoms with Crippen LogP contribution in [-0.4, -0.2) is 35.8 Å². The first-order valence-electron chi connectivity index (χ1n) is 5.59. The Labute approximate surface area is 124 Å². The fourth-order valence-electron chi connectivity index (χ4n) is 1.81. The fraction of sp³-hybridized carbons (Fsp3) is 0.700.